The summed E-state index contributed by atoms with van der Waals surface area (Å²) >= 11 is 0. The number of piperazine rings is 1. The van der Waals surface area contributed by atoms with Crippen molar-refractivity contribution >= 4 is 11.8 Å². The summed E-state index contributed by atoms with van der Waals surface area (Å²) in [5.74, 6) is 0.449. The van der Waals surface area contributed by atoms with Crippen molar-refractivity contribution in [2.24, 2.45) is 7.05 Å². The van der Waals surface area contributed by atoms with Crippen LogP contribution in [0.3, 0.4) is 0 Å². The summed E-state index contributed by atoms with van der Waals surface area (Å²) < 4.78 is 1.61. The van der Waals surface area contributed by atoms with E-state index in [2.05, 4.69) is 15.4 Å². The molecule has 1 aliphatic rings. The molecule has 1 saturated heterocycles. The van der Waals surface area contributed by atoms with Crippen LogP contribution in [-0.2, 0) is 23.2 Å². The summed E-state index contributed by atoms with van der Waals surface area (Å²) in [5, 5.41) is 6.77. The SMILES string of the molecule is CCC1(C)NC(=O)C(C)N(Cc2ncnn2C)C1=O. The van der Waals surface area contributed by atoms with E-state index in [0.29, 0.717) is 18.8 Å². The lowest BCUT2D eigenvalue weighted by Gasteiger charge is -2.42. The lowest BCUT2D eigenvalue weighted by atomic mass is 9.92. The fourth-order valence-electron chi connectivity index (χ4n) is 2.13. The quantitative estimate of drug-likeness (QED) is 0.823. The van der Waals surface area contributed by atoms with E-state index in [1.54, 1.807) is 30.5 Å². The molecule has 2 atom stereocenters. The number of amides is 2. The van der Waals surface area contributed by atoms with Gasteiger partial charge in [-0.25, -0.2) is 4.98 Å². The third-order valence-electron chi connectivity index (χ3n) is 3.80. The second kappa shape index (κ2) is 4.64. The average Bonchev–Trinajstić information content (AvgIpc) is 2.78. The van der Waals surface area contributed by atoms with Crippen LogP contribution in [-0.4, -0.2) is 43.1 Å². The Balaban J connectivity index is 2.28. The molecule has 2 heterocycles. The number of carbonyl (C=O) groups excluding carboxylic acids is 2. The van der Waals surface area contributed by atoms with Gasteiger partial charge < -0.3 is 10.2 Å². The molecule has 0 bridgehead atoms. The van der Waals surface area contributed by atoms with Gasteiger partial charge in [-0.2, -0.15) is 5.10 Å². The minimum atomic E-state index is -0.831. The molecule has 104 valence electrons. The highest BCUT2D eigenvalue weighted by Crippen LogP contribution is 2.22. The van der Waals surface area contributed by atoms with Gasteiger partial charge in [0.25, 0.3) is 0 Å². The first-order valence-corrected chi connectivity index (χ1v) is 6.35. The lowest BCUT2D eigenvalue weighted by Crippen LogP contribution is -2.68. The van der Waals surface area contributed by atoms with Crippen LogP contribution in [0.4, 0.5) is 0 Å². The van der Waals surface area contributed by atoms with E-state index in [4.69, 9.17) is 0 Å². The highest BCUT2D eigenvalue weighted by Gasteiger charge is 2.45. The van der Waals surface area contributed by atoms with Crippen molar-refractivity contribution in [1.29, 1.82) is 0 Å². The maximum absolute atomic E-state index is 12.5. The first-order chi connectivity index (χ1) is 8.89. The molecule has 0 aliphatic carbocycles. The van der Waals surface area contributed by atoms with Crippen molar-refractivity contribution in [3.63, 3.8) is 0 Å². The largest absolute Gasteiger partial charge is 0.340 e. The molecule has 2 amide bonds. The number of hydrogen-bond acceptors (Lipinski definition) is 4. The maximum Gasteiger partial charge on any atom is 0.249 e. The van der Waals surface area contributed by atoms with Gasteiger partial charge in [0.2, 0.25) is 11.8 Å². The predicted molar refractivity (Wildman–Crippen MR) is 67.9 cm³/mol. The van der Waals surface area contributed by atoms with Gasteiger partial charge in [-0.05, 0) is 20.3 Å². The van der Waals surface area contributed by atoms with Gasteiger partial charge in [-0.3, -0.25) is 14.3 Å². The number of aryl methyl sites for hydroxylation is 1. The molecule has 0 saturated carbocycles. The number of nitrogens with zero attached hydrogens (tertiary/aromatic N) is 4. The molecule has 1 N–H and O–H groups in total. The van der Waals surface area contributed by atoms with Gasteiger partial charge in [0.15, 0.2) is 0 Å². The monoisotopic (exact) mass is 265 g/mol. The van der Waals surface area contributed by atoms with E-state index in [1.165, 1.54) is 6.33 Å². The molecule has 7 heteroatoms. The highest BCUT2D eigenvalue weighted by atomic mass is 16.2. The van der Waals surface area contributed by atoms with Gasteiger partial charge >= 0.3 is 0 Å². The van der Waals surface area contributed by atoms with Crippen molar-refractivity contribution in [1.82, 2.24) is 25.0 Å². The Hall–Kier alpha value is -1.92. The average molecular weight is 265 g/mol. The van der Waals surface area contributed by atoms with Crippen molar-refractivity contribution in [2.75, 3.05) is 0 Å². The molecule has 1 aromatic rings. The van der Waals surface area contributed by atoms with Crippen LogP contribution in [0.15, 0.2) is 6.33 Å². The van der Waals surface area contributed by atoms with E-state index < -0.39 is 11.6 Å². The smallest absolute Gasteiger partial charge is 0.249 e. The highest BCUT2D eigenvalue weighted by molar-refractivity contribution is 5.99. The van der Waals surface area contributed by atoms with Crippen LogP contribution in [0.2, 0.25) is 0 Å². The number of nitrogens with one attached hydrogen (secondary N) is 1. The molecule has 19 heavy (non-hydrogen) atoms. The van der Waals surface area contributed by atoms with Crippen molar-refractivity contribution in [3.05, 3.63) is 12.2 Å². The Labute approximate surface area is 112 Å². The molecule has 1 aromatic heterocycles. The summed E-state index contributed by atoms with van der Waals surface area (Å²) in [7, 11) is 1.76. The first kappa shape index (κ1) is 13.5. The van der Waals surface area contributed by atoms with Crippen LogP contribution in [0.5, 0.6) is 0 Å². The fourth-order valence-corrected chi connectivity index (χ4v) is 2.13. The van der Waals surface area contributed by atoms with Gasteiger partial charge in [0.05, 0.1) is 6.54 Å². The van der Waals surface area contributed by atoms with Crippen LogP contribution < -0.4 is 5.32 Å². The Kier molecular flexibility index (Phi) is 3.30. The van der Waals surface area contributed by atoms with E-state index in [-0.39, 0.29) is 11.8 Å². The number of carbonyl (C=O) groups is 2. The van der Waals surface area contributed by atoms with Gasteiger partial charge in [0, 0.05) is 7.05 Å². The molecule has 0 radical (unpaired) electrons. The number of aromatic nitrogens is 3. The third kappa shape index (κ3) is 2.20. The second-order valence-corrected chi connectivity index (χ2v) is 5.08. The maximum atomic E-state index is 12.5. The van der Waals surface area contributed by atoms with Gasteiger partial charge in [0.1, 0.15) is 23.7 Å². The van der Waals surface area contributed by atoms with Crippen molar-refractivity contribution < 1.29 is 9.59 Å². The molecule has 0 aromatic carbocycles. The minimum absolute atomic E-state index is 0.0786. The molecule has 1 fully saturated rings. The normalized spacial score (nSPS) is 27.6. The third-order valence-corrected chi connectivity index (χ3v) is 3.80. The zero-order chi connectivity index (χ0) is 14.2. The Bertz CT molecular complexity index is 512. The van der Waals surface area contributed by atoms with Gasteiger partial charge in [-0.15, -0.1) is 0 Å². The summed E-state index contributed by atoms with van der Waals surface area (Å²) in [6.45, 7) is 5.65. The molecular formula is C12H19N5O2. The minimum Gasteiger partial charge on any atom is -0.340 e. The lowest BCUT2D eigenvalue weighted by molar-refractivity contribution is -0.154. The van der Waals surface area contributed by atoms with E-state index in [9.17, 15) is 9.59 Å². The van der Waals surface area contributed by atoms with Crippen LogP contribution in [0, 0.1) is 0 Å². The summed E-state index contributed by atoms with van der Waals surface area (Å²) in [4.78, 5) is 30.2. The zero-order valence-electron chi connectivity index (χ0n) is 11.7. The van der Waals surface area contributed by atoms with E-state index >= 15 is 0 Å². The Morgan fingerprint density at radius 1 is 1.47 bits per heavy atom. The molecule has 0 spiro atoms. The molecule has 2 unspecified atom stereocenters. The fraction of sp³-hybridized carbons (Fsp3) is 0.667. The number of rotatable bonds is 3. The van der Waals surface area contributed by atoms with Crippen molar-refractivity contribution in [2.45, 2.75) is 45.3 Å². The summed E-state index contributed by atoms with van der Waals surface area (Å²) in [5.41, 5.74) is -0.831. The Morgan fingerprint density at radius 3 is 2.68 bits per heavy atom. The van der Waals surface area contributed by atoms with Crippen LogP contribution in [0.1, 0.15) is 33.0 Å². The van der Waals surface area contributed by atoms with E-state index in [1.807, 2.05) is 6.92 Å². The van der Waals surface area contributed by atoms with Crippen LogP contribution in [0.25, 0.3) is 0 Å². The Morgan fingerprint density at radius 2 is 2.16 bits per heavy atom. The summed E-state index contributed by atoms with van der Waals surface area (Å²) in [6, 6.07) is -0.496. The molecule has 2 rings (SSSR count). The van der Waals surface area contributed by atoms with Crippen LogP contribution >= 0.6 is 0 Å². The predicted octanol–water partition coefficient (Wildman–Crippen LogP) is -0.169. The van der Waals surface area contributed by atoms with E-state index in [0.717, 1.165) is 0 Å². The topological polar surface area (TPSA) is 80.1 Å². The first-order valence-electron chi connectivity index (χ1n) is 6.35. The molecule has 7 nitrogen and oxygen atoms in total. The summed E-state index contributed by atoms with van der Waals surface area (Å²) in [6.07, 6.45) is 1.99. The molecular weight excluding hydrogens is 246 g/mol. The second-order valence-electron chi connectivity index (χ2n) is 5.08. The van der Waals surface area contributed by atoms with Crippen molar-refractivity contribution in [3.8, 4) is 0 Å². The molecule has 1 aliphatic heterocycles. The number of hydrogen-bond donors (Lipinski definition) is 1. The van der Waals surface area contributed by atoms with Gasteiger partial charge in [-0.1, -0.05) is 6.92 Å². The zero-order valence-corrected chi connectivity index (χ0v) is 11.7. The standard InChI is InChI=1S/C12H19N5O2/c1-5-12(3)11(19)17(8(2)10(18)15-12)6-9-13-7-14-16(9)4/h7-8H,5-6H2,1-4H3,(H,15,18).